The summed E-state index contributed by atoms with van der Waals surface area (Å²) in [6, 6.07) is 9.51. The van der Waals surface area contributed by atoms with E-state index in [0.717, 1.165) is 24.7 Å². The van der Waals surface area contributed by atoms with Crippen molar-refractivity contribution in [3.05, 3.63) is 35.9 Å². The first-order chi connectivity index (χ1) is 11.4. The SMILES string of the molecule is CS(=O)(=O)N[C@H]1CN(C(=O)C2CCOCC2)C[C@@H]1c1ccccc1. The molecule has 1 aromatic carbocycles. The molecule has 6 nitrogen and oxygen atoms in total. The first-order valence-electron chi connectivity index (χ1n) is 8.33. The van der Waals surface area contributed by atoms with Gasteiger partial charge in [0.25, 0.3) is 0 Å². The minimum Gasteiger partial charge on any atom is -0.381 e. The number of nitrogens with zero attached hydrogens (tertiary/aromatic N) is 1. The van der Waals surface area contributed by atoms with Crippen molar-refractivity contribution in [3.63, 3.8) is 0 Å². The highest BCUT2D eigenvalue weighted by Crippen LogP contribution is 2.30. The first kappa shape index (κ1) is 17.4. The van der Waals surface area contributed by atoms with Crippen LogP contribution in [-0.4, -0.2) is 57.8 Å². The second kappa shape index (κ2) is 7.21. The molecule has 2 aliphatic heterocycles. The van der Waals surface area contributed by atoms with Gasteiger partial charge >= 0.3 is 0 Å². The Hall–Kier alpha value is -1.44. The molecule has 0 saturated carbocycles. The number of benzene rings is 1. The summed E-state index contributed by atoms with van der Waals surface area (Å²) in [5.41, 5.74) is 1.06. The Labute approximate surface area is 143 Å². The third-order valence-corrected chi connectivity index (χ3v) is 5.53. The van der Waals surface area contributed by atoms with Gasteiger partial charge in [-0.15, -0.1) is 0 Å². The maximum Gasteiger partial charge on any atom is 0.225 e. The van der Waals surface area contributed by atoms with Crippen LogP contribution in [0.1, 0.15) is 24.3 Å². The lowest BCUT2D eigenvalue weighted by atomic mass is 9.95. The monoisotopic (exact) mass is 352 g/mol. The van der Waals surface area contributed by atoms with E-state index in [9.17, 15) is 13.2 Å². The molecule has 1 aromatic rings. The summed E-state index contributed by atoms with van der Waals surface area (Å²) in [7, 11) is -3.33. The fraction of sp³-hybridized carbons (Fsp3) is 0.588. The van der Waals surface area contributed by atoms with Crippen LogP contribution in [0.5, 0.6) is 0 Å². The summed E-state index contributed by atoms with van der Waals surface area (Å²) in [5.74, 6) is 0.0916. The first-order valence-corrected chi connectivity index (χ1v) is 10.2. The highest BCUT2D eigenvalue weighted by Gasteiger charge is 2.39. The lowest BCUT2D eigenvalue weighted by Crippen LogP contribution is -2.41. The summed E-state index contributed by atoms with van der Waals surface area (Å²) in [4.78, 5) is 14.6. The molecule has 132 valence electrons. The van der Waals surface area contributed by atoms with Gasteiger partial charge in [0.2, 0.25) is 15.9 Å². The second-order valence-electron chi connectivity index (χ2n) is 6.64. The van der Waals surface area contributed by atoms with Gasteiger partial charge in [0.15, 0.2) is 0 Å². The zero-order valence-electron chi connectivity index (χ0n) is 13.8. The van der Waals surface area contributed by atoms with Gasteiger partial charge < -0.3 is 9.64 Å². The van der Waals surface area contributed by atoms with Crippen LogP contribution in [0.25, 0.3) is 0 Å². The Bertz CT molecular complexity index is 671. The quantitative estimate of drug-likeness (QED) is 0.876. The molecule has 0 bridgehead atoms. The van der Waals surface area contributed by atoms with Crippen molar-refractivity contribution in [1.82, 2.24) is 9.62 Å². The minimum absolute atomic E-state index is 0.00726. The molecule has 1 amide bonds. The topological polar surface area (TPSA) is 75.7 Å². The fourth-order valence-corrected chi connectivity index (χ4v) is 4.41. The number of amides is 1. The molecule has 2 aliphatic rings. The van der Waals surface area contributed by atoms with Crippen LogP contribution in [0.2, 0.25) is 0 Å². The van der Waals surface area contributed by atoms with E-state index in [1.165, 1.54) is 0 Å². The Morgan fingerprint density at radius 1 is 1.17 bits per heavy atom. The summed E-state index contributed by atoms with van der Waals surface area (Å²) < 4.78 is 31.5. The van der Waals surface area contributed by atoms with E-state index < -0.39 is 10.0 Å². The number of likely N-dealkylation sites (tertiary alicyclic amines) is 1. The van der Waals surface area contributed by atoms with Crippen molar-refractivity contribution in [1.29, 1.82) is 0 Å². The Morgan fingerprint density at radius 3 is 2.46 bits per heavy atom. The molecule has 0 aliphatic carbocycles. The van der Waals surface area contributed by atoms with Crippen molar-refractivity contribution in [2.75, 3.05) is 32.6 Å². The summed E-state index contributed by atoms with van der Waals surface area (Å²) in [6.07, 6.45) is 2.66. The molecular weight excluding hydrogens is 328 g/mol. The molecule has 24 heavy (non-hydrogen) atoms. The molecule has 7 heteroatoms. The van der Waals surface area contributed by atoms with Crippen molar-refractivity contribution >= 4 is 15.9 Å². The largest absolute Gasteiger partial charge is 0.381 e. The van der Waals surface area contributed by atoms with Gasteiger partial charge in [-0.25, -0.2) is 13.1 Å². The van der Waals surface area contributed by atoms with Gasteiger partial charge in [0, 0.05) is 44.2 Å². The van der Waals surface area contributed by atoms with Crippen LogP contribution >= 0.6 is 0 Å². The minimum atomic E-state index is -3.33. The second-order valence-corrected chi connectivity index (χ2v) is 8.42. The Morgan fingerprint density at radius 2 is 1.83 bits per heavy atom. The lowest BCUT2D eigenvalue weighted by molar-refractivity contribution is -0.137. The third-order valence-electron chi connectivity index (χ3n) is 4.80. The zero-order chi connectivity index (χ0) is 17.2. The summed E-state index contributed by atoms with van der Waals surface area (Å²) >= 11 is 0. The van der Waals surface area contributed by atoms with Gasteiger partial charge in [-0.2, -0.15) is 0 Å². The standard InChI is InChI=1S/C17H24N2O4S/c1-24(21,22)18-16-12-19(17(20)14-7-9-23-10-8-14)11-15(16)13-5-3-2-4-6-13/h2-6,14-16,18H,7-12H2,1H3/t15-,16+/m1/s1. The van der Waals surface area contributed by atoms with Crippen LogP contribution in [0, 0.1) is 5.92 Å². The third kappa shape index (κ3) is 4.15. The van der Waals surface area contributed by atoms with Crippen LogP contribution in [0.4, 0.5) is 0 Å². The van der Waals surface area contributed by atoms with Crippen LogP contribution in [-0.2, 0) is 19.6 Å². The van der Waals surface area contributed by atoms with Crippen molar-refractivity contribution in [2.24, 2.45) is 5.92 Å². The van der Waals surface area contributed by atoms with E-state index in [2.05, 4.69) is 4.72 Å². The maximum atomic E-state index is 12.8. The smallest absolute Gasteiger partial charge is 0.225 e. The van der Waals surface area contributed by atoms with Gasteiger partial charge in [0.05, 0.1) is 6.26 Å². The lowest BCUT2D eigenvalue weighted by Gasteiger charge is -2.26. The molecule has 0 aromatic heterocycles. The average molecular weight is 352 g/mol. The average Bonchev–Trinajstić information content (AvgIpc) is 2.97. The van der Waals surface area contributed by atoms with Crippen molar-refractivity contribution in [2.45, 2.75) is 24.8 Å². The molecule has 2 fully saturated rings. The Balaban J connectivity index is 1.77. The number of hydrogen-bond donors (Lipinski definition) is 1. The van der Waals surface area contributed by atoms with Crippen molar-refractivity contribution < 1.29 is 17.9 Å². The van der Waals surface area contributed by atoms with Crippen molar-refractivity contribution in [3.8, 4) is 0 Å². The van der Waals surface area contributed by atoms with Crippen LogP contribution in [0.3, 0.4) is 0 Å². The number of ether oxygens (including phenoxy) is 1. The number of carbonyl (C=O) groups excluding carboxylic acids is 1. The van der Waals surface area contributed by atoms with E-state index in [-0.39, 0.29) is 23.8 Å². The normalized spacial score (nSPS) is 25.8. The molecular formula is C17H24N2O4S. The number of nitrogens with one attached hydrogen (secondary N) is 1. The molecule has 3 rings (SSSR count). The molecule has 2 heterocycles. The Kier molecular flexibility index (Phi) is 5.22. The van der Waals surface area contributed by atoms with Gasteiger partial charge in [-0.05, 0) is 18.4 Å². The van der Waals surface area contributed by atoms with E-state index in [4.69, 9.17) is 4.74 Å². The number of rotatable bonds is 4. The van der Waals surface area contributed by atoms with E-state index >= 15 is 0 Å². The number of hydrogen-bond acceptors (Lipinski definition) is 4. The number of carbonyl (C=O) groups is 1. The van der Waals surface area contributed by atoms with Crippen LogP contribution < -0.4 is 4.72 Å². The highest BCUT2D eigenvalue weighted by atomic mass is 32.2. The molecule has 0 unspecified atom stereocenters. The van der Waals surface area contributed by atoms with Crippen LogP contribution in [0.15, 0.2) is 30.3 Å². The van der Waals surface area contributed by atoms with E-state index in [0.29, 0.717) is 26.3 Å². The van der Waals surface area contributed by atoms with Gasteiger partial charge in [-0.1, -0.05) is 30.3 Å². The summed E-state index contributed by atoms with van der Waals surface area (Å²) in [5, 5.41) is 0. The van der Waals surface area contributed by atoms with Gasteiger partial charge in [-0.3, -0.25) is 4.79 Å². The molecule has 0 spiro atoms. The molecule has 1 N–H and O–H groups in total. The highest BCUT2D eigenvalue weighted by molar-refractivity contribution is 7.88. The molecule has 2 saturated heterocycles. The van der Waals surface area contributed by atoms with Gasteiger partial charge in [0.1, 0.15) is 0 Å². The number of sulfonamides is 1. The predicted octanol–water partition coefficient (Wildman–Crippen LogP) is 0.957. The molecule has 0 radical (unpaired) electrons. The fourth-order valence-electron chi connectivity index (χ4n) is 3.62. The van der Waals surface area contributed by atoms with E-state index in [1.807, 2.05) is 35.2 Å². The van der Waals surface area contributed by atoms with E-state index in [1.54, 1.807) is 0 Å². The maximum absolute atomic E-state index is 12.8. The summed E-state index contributed by atoms with van der Waals surface area (Å²) in [6.45, 7) is 2.21. The predicted molar refractivity (Wildman–Crippen MR) is 91.1 cm³/mol. The zero-order valence-corrected chi connectivity index (χ0v) is 14.7. The molecule has 2 atom stereocenters.